The van der Waals surface area contributed by atoms with Gasteiger partial charge in [0.2, 0.25) is 0 Å². The topological polar surface area (TPSA) is 44.8 Å². The molecule has 0 aliphatic heterocycles. The molecule has 0 bridgehead atoms. The first-order valence-electron chi connectivity index (χ1n) is 14.7. The lowest BCUT2D eigenvalue weighted by molar-refractivity contribution is 0.108. The molecule has 0 saturated carbocycles. The Morgan fingerprint density at radius 1 is 0.364 bits per heavy atom. The van der Waals surface area contributed by atoms with Gasteiger partial charge in [-0.05, 0) is 19.3 Å². The first kappa shape index (κ1) is 33.1. The van der Waals surface area contributed by atoms with Gasteiger partial charge in [0.1, 0.15) is 0 Å². The smallest absolute Gasteiger partial charge is 0.287 e. The second kappa shape index (κ2) is 26.7. The van der Waals surface area contributed by atoms with Crippen LogP contribution < -0.4 is 0 Å². The molecule has 0 spiro atoms. The molecule has 0 heterocycles. The van der Waals surface area contributed by atoms with E-state index >= 15 is 0 Å². The Morgan fingerprint density at radius 3 is 0.818 bits per heavy atom. The van der Waals surface area contributed by atoms with Crippen LogP contribution in [-0.4, -0.2) is 19.8 Å². The lowest BCUT2D eigenvalue weighted by Gasteiger charge is -2.18. The van der Waals surface area contributed by atoms with Gasteiger partial charge in [-0.15, -0.1) is 0 Å². The standard InChI is InChI=1S/C28H59O4P/c1-4-7-10-13-16-19-22-25-28-32-33(29,30-26-23-20-17-14-11-8-5-2)31-27-24-21-18-15-12-9-6-3/h4-28H2,1-3H3. The molecule has 0 aromatic rings. The van der Waals surface area contributed by atoms with E-state index in [2.05, 4.69) is 20.8 Å². The minimum Gasteiger partial charge on any atom is -0.287 e. The summed E-state index contributed by atoms with van der Waals surface area (Å²) in [5, 5.41) is 0. The van der Waals surface area contributed by atoms with Gasteiger partial charge in [0.15, 0.2) is 0 Å². The second-order valence-corrected chi connectivity index (χ2v) is 11.3. The van der Waals surface area contributed by atoms with Crippen molar-refractivity contribution in [2.75, 3.05) is 19.8 Å². The average Bonchev–Trinajstić information content (AvgIpc) is 2.81. The lowest BCUT2D eigenvalue weighted by Crippen LogP contribution is -2.04. The van der Waals surface area contributed by atoms with Crippen molar-refractivity contribution in [3.05, 3.63) is 0 Å². The SMILES string of the molecule is CCCCCCCCCCOP(=O)(OCCCCCCCCC)OCCCCCCCCC. The maximum absolute atomic E-state index is 13.1. The maximum atomic E-state index is 13.1. The quantitative estimate of drug-likeness (QED) is 0.0808. The summed E-state index contributed by atoms with van der Waals surface area (Å²) in [6, 6.07) is 0. The molecule has 0 N–H and O–H groups in total. The molecular weight excluding hydrogens is 431 g/mol. The minimum absolute atomic E-state index is 0.472. The Kier molecular flexibility index (Phi) is 26.8. The molecule has 0 aromatic carbocycles. The van der Waals surface area contributed by atoms with E-state index in [9.17, 15) is 4.57 Å². The molecule has 4 nitrogen and oxygen atoms in total. The zero-order chi connectivity index (χ0) is 24.3. The third-order valence-corrected chi connectivity index (χ3v) is 7.74. The Balaban J connectivity index is 4.06. The van der Waals surface area contributed by atoms with E-state index in [0.717, 1.165) is 38.5 Å². The summed E-state index contributed by atoms with van der Waals surface area (Å²) in [7, 11) is -3.42. The van der Waals surface area contributed by atoms with Crippen molar-refractivity contribution >= 4 is 7.82 Å². The van der Waals surface area contributed by atoms with Crippen LogP contribution >= 0.6 is 7.82 Å². The summed E-state index contributed by atoms with van der Waals surface area (Å²) >= 11 is 0. The van der Waals surface area contributed by atoms with E-state index in [1.807, 2.05) is 0 Å². The van der Waals surface area contributed by atoms with Crippen LogP contribution in [0, 0.1) is 0 Å². The molecule has 0 aliphatic rings. The summed E-state index contributed by atoms with van der Waals surface area (Å²) in [6.07, 6.45) is 26.9. The molecule has 0 atom stereocenters. The van der Waals surface area contributed by atoms with Gasteiger partial charge >= 0.3 is 7.82 Å². The second-order valence-electron chi connectivity index (χ2n) is 9.66. The van der Waals surface area contributed by atoms with Gasteiger partial charge in [0.25, 0.3) is 0 Å². The van der Waals surface area contributed by atoms with Crippen LogP contribution in [0.5, 0.6) is 0 Å². The van der Waals surface area contributed by atoms with Crippen LogP contribution in [0.1, 0.15) is 162 Å². The van der Waals surface area contributed by atoms with Gasteiger partial charge < -0.3 is 0 Å². The zero-order valence-corrected chi connectivity index (χ0v) is 23.7. The number of rotatable bonds is 28. The highest BCUT2D eigenvalue weighted by molar-refractivity contribution is 7.48. The molecule has 33 heavy (non-hydrogen) atoms. The van der Waals surface area contributed by atoms with Crippen molar-refractivity contribution in [2.45, 2.75) is 162 Å². The van der Waals surface area contributed by atoms with E-state index in [0.29, 0.717) is 19.8 Å². The van der Waals surface area contributed by atoms with E-state index < -0.39 is 7.82 Å². The monoisotopic (exact) mass is 490 g/mol. The highest BCUT2D eigenvalue weighted by Crippen LogP contribution is 2.50. The minimum atomic E-state index is -3.42. The molecule has 0 unspecified atom stereocenters. The van der Waals surface area contributed by atoms with Crippen LogP contribution in [-0.2, 0) is 18.1 Å². The van der Waals surface area contributed by atoms with Gasteiger partial charge in [-0.2, -0.15) is 0 Å². The molecule has 0 radical (unpaired) electrons. The lowest BCUT2D eigenvalue weighted by atomic mass is 10.1. The first-order valence-corrected chi connectivity index (χ1v) is 16.2. The van der Waals surface area contributed by atoms with Crippen LogP contribution in [0.4, 0.5) is 0 Å². The molecule has 0 fully saturated rings. The summed E-state index contributed by atoms with van der Waals surface area (Å²) in [4.78, 5) is 0. The van der Waals surface area contributed by atoms with Crippen molar-refractivity contribution in [1.29, 1.82) is 0 Å². The molecular formula is C28H59O4P. The van der Waals surface area contributed by atoms with E-state index in [4.69, 9.17) is 13.6 Å². The fourth-order valence-corrected chi connectivity index (χ4v) is 5.28. The van der Waals surface area contributed by atoms with Gasteiger partial charge in [0.05, 0.1) is 19.8 Å². The van der Waals surface area contributed by atoms with Gasteiger partial charge in [-0.3, -0.25) is 13.6 Å². The van der Waals surface area contributed by atoms with Crippen LogP contribution in [0.25, 0.3) is 0 Å². The summed E-state index contributed by atoms with van der Waals surface area (Å²) in [6.45, 7) is 8.15. The number of unbranched alkanes of at least 4 members (excludes halogenated alkanes) is 19. The van der Waals surface area contributed by atoms with E-state index in [1.54, 1.807) is 0 Å². The summed E-state index contributed by atoms with van der Waals surface area (Å²) in [5.41, 5.74) is 0. The first-order chi connectivity index (χ1) is 16.2. The van der Waals surface area contributed by atoms with Gasteiger partial charge in [0, 0.05) is 0 Å². The largest absolute Gasteiger partial charge is 0.474 e. The van der Waals surface area contributed by atoms with E-state index in [1.165, 1.54) is 103 Å². The Morgan fingerprint density at radius 2 is 0.576 bits per heavy atom. The van der Waals surface area contributed by atoms with Crippen molar-refractivity contribution in [2.24, 2.45) is 0 Å². The predicted molar refractivity (Wildman–Crippen MR) is 144 cm³/mol. The van der Waals surface area contributed by atoms with Crippen LogP contribution in [0.15, 0.2) is 0 Å². The van der Waals surface area contributed by atoms with Crippen molar-refractivity contribution in [3.63, 3.8) is 0 Å². The van der Waals surface area contributed by atoms with Crippen molar-refractivity contribution in [1.82, 2.24) is 0 Å². The fourth-order valence-electron chi connectivity index (χ4n) is 4.00. The average molecular weight is 491 g/mol. The maximum Gasteiger partial charge on any atom is 0.474 e. The van der Waals surface area contributed by atoms with Gasteiger partial charge in [-0.25, -0.2) is 4.57 Å². The Hall–Kier alpha value is 0.110. The molecule has 0 aliphatic carbocycles. The van der Waals surface area contributed by atoms with Gasteiger partial charge in [-0.1, -0.05) is 143 Å². The molecule has 0 amide bonds. The summed E-state index contributed by atoms with van der Waals surface area (Å²) in [5.74, 6) is 0. The van der Waals surface area contributed by atoms with Crippen LogP contribution in [0.3, 0.4) is 0 Å². The Labute approximate surface area is 207 Å². The molecule has 0 aromatic heterocycles. The van der Waals surface area contributed by atoms with Crippen molar-refractivity contribution in [3.8, 4) is 0 Å². The fraction of sp³-hybridized carbons (Fsp3) is 1.00. The number of hydrogen-bond donors (Lipinski definition) is 0. The van der Waals surface area contributed by atoms with Crippen LogP contribution in [0.2, 0.25) is 0 Å². The number of phosphoric ester groups is 1. The van der Waals surface area contributed by atoms with E-state index in [-0.39, 0.29) is 0 Å². The number of phosphoric acid groups is 1. The third kappa shape index (κ3) is 25.0. The zero-order valence-electron chi connectivity index (χ0n) is 22.8. The molecule has 0 saturated heterocycles. The summed E-state index contributed by atoms with van der Waals surface area (Å²) < 4.78 is 30.2. The highest BCUT2D eigenvalue weighted by Gasteiger charge is 2.26. The highest BCUT2D eigenvalue weighted by atomic mass is 31.2. The third-order valence-electron chi connectivity index (χ3n) is 6.24. The predicted octanol–water partition coefficient (Wildman–Crippen LogP) is 10.8. The van der Waals surface area contributed by atoms with Crippen molar-refractivity contribution < 1.29 is 18.1 Å². The molecule has 0 rings (SSSR count). The molecule has 200 valence electrons. The Bertz CT molecular complexity index is 393. The number of hydrogen-bond acceptors (Lipinski definition) is 4. The normalized spacial score (nSPS) is 12.0. The molecule has 5 heteroatoms.